The molecule has 2 aromatic rings. The fraction of sp³-hybridized carbons (Fsp3) is 0.312. The van der Waals surface area contributed by atoms with Crippen LogP contribution in [-0.4, -0.2) is 4.98 Å². The Balaban J connectivity index is 1.90. The van der Waals surface area contributed by atoms with E-state index >= 15 is 0 Å². The molecule has 1 aliphatic rings. The van der Waals surface area contributed by atoms with Gasteiger partial charge in [-0.15, -0.1) is 0 Å². The van der Waals surface area contributed by atoms with Crippen LogP contribution in [0.15, 0.2) is 36.5 Å². The number of rotatable bonds is 3. The van der Waals surface area contributed by atoms with Crippen molar-refractivity contribution >= 4 is 0 Å². The maximum absolute atomic E-state index is 14.1. The number of benzene rings is 1. The first kappa shape index (κ1) is 13.1. The minimum atomic E-state index is -0.446. The largest absolute Gasteiger partial charge is 0.467 e. The van der Waals surface area contributed by atoms with Gasteiger partial charge in [-0.1, -0.05) is 24.3 Å². The molecular weight excluding hydrogens is 255 g/mol. The van der Waals surface area contributed by atoms with E-state index in [1.165, 1.54) is 11.8 Å². The molecule has 1 aromatic heterocycles. The summed E-state index contributed by atoms with van der Waals surface area (Å²) in [4.78, 5) is 4.00. The highest BCUT2D eigenvalue weighted by Crippen LogP contribution is 2.33. The number of halogens is 1. The Kier molecular flexibility index (Phi) is 3.65. The van der Waals surface area contributed by atoms with Gasteiger partial charge in [-0.3, -0.25) is 0 Å². The Bertz CT molecular complexity index is 615. The van der Waals surface area contributed by atoms with Crippen LogP contribution in [0.5, 0.6) is 5.88 Å². The summed E-state index contributed by atoms with van der Waals surface area (Å²) in [5, 5.41) is 0. The fourth-order valence-electron chi connectivity index (χ4n) is 2.67. The average Bonchev–Trinajstić information content (AvgIpc) is 2.50. The molecular formula is C16H17FN2O. The van der Waals surface area contributed by atoms with Crippen LogP contribution in [0, 0.1) is 5.82 Å². The zero-order chi connectivity index (χ0) is 13.9. The van der Waals surface area contributed by atoms with E-state index in [0.717, 1.165) is 24.8 Å². The van der Waals surface area contributed by atoms with Crippen LogP contribution in [0.2, 0.25) is 0 Å². The fourth-order valence-corrected chi connectivity index (χ4v) is 2.67. The summed E-state index contributed by atoms with van der Waals surface area (Å²) in [6, 6.07) is 9.74. The van der Waals surface area contributed by atoms with Gasteiger partial charge in [0.2, 0.25) is 0 Å². The van der Waals surface area contributed by atoms with Crippen molar-refractivity contribution in [2.24, 2.45) is 5.73 Å². The predicted octanol–water partition coefficient (Wildman–Crippen LogP) is 3.14. The van der Waals surface area contributed by atoms with E-state index in [9.17, 15) is 4.39 Å². The third-order valence-electron chi connectivity index (χ3n) is 3.73. The molecule has 104 valence electrons. The zero-order valence-corrected chi connectivity index (χ0v) is 11.2. The van der Waals surface area contributed by atoms with E-state index < -0.39 is 5.82 Å². The van der Waals surface area contributed by atoms with Crippen LogP contribution in [0.1, 0.15) is 35.6 Å². The van der Waals surface area contributed by atoms with E-state index in [0.29, 0.717) is 5.56 Å². The standard InChI is InChI=1S/C16H17FN2O/c17-15-12(10-18)8-9-19-16(15)20-14-7-3-5-11-4-1-2-6-13(11)14/h1-2,4,6,8-9,14H,3,5,7,10,18H2. The van der Waals surface area contributed by atoms with E-state index in [4.69, 9.17) is 10.5 Å². The van der Waals surface area contributed by atoms with Gasteiger partial charge in [0, 0.05) is 18.3 Å². The lowest BCUT2D eigenvalue weighted by Gasteiger charge is -2.26. The van der Waals surface area contributed by atoms with E-state index in [1.807, 2.05) is 18.2 Å². The maximum Gasteiger partial charge on any atom is 0.251 e. The minimum absolute atomic E-state index is 0.0506. The lowest BCUT2D eigenvalue weighted by Crippen LogP contribution is -2.16. The average molecular weight is 272 g/mol. The van der Waals surface area contributed by atoms with Crippen molar-refractivity contribution in [2.75, 3.05) is 0 Å². The van der Waals surface area contributed by atoms with Gasteiger partial charge in [0.05, 0.1) is 0 Å². The molecule has 1 atom stereocenters. The van der Waals surface area contributed by atoms with Crippen LogP contribution in [-0.2, 0) is 13.0 Å². The Morgan fingerprint density at radius 1 is 1.30 bits per heavy atom. The number of pyridine rings is 1. The molecule has 1 heterocycles. The first-order valence-corrected chi connectivity index (χ1v) is 6.87. The monoisotopic (exact) mass is 272 g/mol. The number of nitrogens with zero attached hydrogens (tertiary/aromatic N) is 1. The molecule has 20 heavy (non-hydrogen) atoms. The van der Waals surface area contributed by atoms with Crippen LogP contribution >= 0.6 is 0 Å². The molecule has 4 heteroatoms. The first-order valence-electron chi connectivity index (χ1n) is 6.87. The maximum atomic E-state index is 14.1. The molecule has 0 amide bonds. The molecule has 2 N–H and O–H groups in total. The second-order valence-electron chi connectivity index (χ2n) is 4.99. The number of aryl methyl sites for hydroxylation is 1. The number of hydrogen-bond acceptors (Lipinski definition) is 3. The molecule has 0 aliphatic heterocycles. The normalized spacial score (nSPS) is 17.6. The SMILES string of the molecule is NCc1ccnc(OC2CCCc3ccccc32)c1F. The number of fused-ring (bicyclic) bond motifs is 1. The summed E-state index contributed by atoms with van der Waals surface area (Å²) in [5.41, 5.74) is 8.35. The molecule has 1 aliphatic carbocycles. The van der Waals surface area contributed by atoms with Crippen molar-refractivity contribution in [1.82, 2.24) is 4.98 Å². The molecule has 0 saturated heterocycles. The Morgan fingerprint density at radius 3 is 3.00 bits per heavy atom. The van der Waals surface area contributed by atoms with Gasteiger partial charge in [-0.05, 0) is 36.5 Å². The summed E-state index contributed by atoms with van der Waals surface area (Å²) in [7, 11) is 0. The quantitative estimate of drug-likeness (QED) is 0.933. The van der Waals surface area contributed by atoms with Crippen LogP contribution in [0.25, 0.3) is 0 Å². The predicted molar refractivity (Wildman–Crippen MR) is 74.8 cm³/mol. The number of ether oxygens (including phenoxy) is 1. The van der Waals surface area contributed by atoms with E-state index in [1.54, 1.807) is 6.07 Å². The van der Waals surface area contributed by atoms with Gasteiger partial charge < -0.3 is 10.5 Å². The highest BCUT2D eigenvalue weighted by Gasteiger charge is 2.23. The summed E-state index contributed by atoms with van der Waals surface area (Å²) < 4.78 is 19.9. The van der Waals surface area contributed by atoms with Crippen molar-refractivity contribution in [3.63, 3.8) is 0 Å². The van der Waals surface area contributed by atoms with Crippen molar-refractivity contribution < 1.29 is 9.13 Å². The summed E-state index contributed by atoms with van der Waals surface area (Å²) in [5.74, 6) is -0.396. The van der Waals surface area contributed by atoms with Crippen molar-refractivity contribution in [3.8, 4) is 5.88 Å². The van der Waals surface area contributed by atoms with Crippen LogP contribution in [0.3, 0.4) is 0 Å². The summed E-state index contributed by atoms with van der Waals surface area (Å²) in [6.45, 7) is 0.145. The third kappa shape index (κ3) is 2.39. The first-order chi connectivity index (χ1) is 9.79. The molecule has 0 fully saturated rings. The van der Waals surface area contributed by atoms with Gasteiger partial charge in [-0.2, -0.15) is 0 Å². The Hall–Kier alpha value is -1.94. The highest BCUT2D eigenvalue weighted by molar-refractivity contribution is 5.32. The molecule has 1 unspecified atom stereocenters. The van der Waals surface area contributed by atoms with Gasteiger partial charge in [0.25, 0.3) is 5.88 Å². The van der Waals surface area contributed by atoms with Gasteiger partial charge in [0.1, 0.15) is 6.10 Å². The van der Waals surface area contributed by atoms with Gasteiger partial charge >= 0.3 is 0 Å². The molecule has 0 spiro atoms. The third-order valence-corrected chi connectivity index (χ3v) is 3.73. The molecule has 1 aromatic carbocycles. The molecule has 0 radical (unpaired) electrons. The summed E-state index contributed by atoms with van der Waals surface area (Å²) >= 11 is 0. The zero-order valence-electron chi connectivity index (χ0n) is 11.2. The smallest absolute Gasteiger partial charge is 0.251 e. The highest BCUT2D eigenvalue weighted by atomic mass is 19.1. The van der Waals surface area contributed by atoms with E-state index in [-0.39, 0.29) is 18.5 Å². The van der Waals surface area contributed by atoms with E-state index in [2.05, 4.69) is 11.1 Å². The van der Waals surface area contributed by atoms with Crippen molar-refractivity contribution in [1.29, 1.82) is 0 Å². The molecule has 3 nitrogen and oxygen atoms in total. The van der Waals surface area contributed by atoms with Gasteiger partial charge in [-0.25, -0.2) is 9.37 Å². The van der Waals surface area contributed by atoms with Crippen molar-refractivity contribution in [2.45, 2.75) is 31.9 Å². The minimum Gasteiger partial charge on any atom is -0.467 e. The second-order valence-corrected chi connectivity index (χ2v) is 4.99. The number of hydrogen-bond donors (Lipinski definition) is 1. The van der Waals surface area contributed by atoms with Crippen LogP contribution < -0.4 is 10.5 Å². The molecule has 3 rings (SSSR count). The Labute approximate surface area is 117 Å². The molecule has 0 saturated carbocycles. The Morgan fingerprint density at radius 2 is 2.15 bits per heavy atom. The number of aromatic nitrogens is 1. The second kappa shape index (κ2) is 5.59. The van der Waals surface area contributed by atoms with Gasteiger partial charge in [0.15, 0.2) is 5.82 Å². The summed E-state index contributed by atoms with van der Waals surface area (Å²) in [6.07, 6.45) is 4.38. The lowest BCUT2D eigenvalue weighted by molar-refractivity contribution is 0.167. The molecule has 0 bridgehead atoms. The topological polar surface area (TPSA) is 48.1 Å². The number of nitrogens with two attached hydrogens (primary N) is 1. The van der Waals surface area contributed by atoms with Crippen LogP contribution in [0.4, 0.5) is 4.39 Å². The lowest BCUT2D eigenvalue weighted by atomic mass is 9.89. The van der Waals surface area contributed by atoms with Crippen molar-refractivity contribution in [3.05, 3.63) is 59.0 Å².